The Balaban J connectivity index is 1.95. The summed E-state index contributed by atoms with van der Waals surface area (Å²) in [4.78, 5) is 0. The van der Waals surface area contributed by atoms with Crippen LogP contribution in [-0.4, -0.2) is 6.54 Å². The van der Waals surface area contributed by atoms with Crippen molar-refractivity contribution in [2.24, 2.45) is 17.8 Å². The molecule has 0 aliphatic heterocycles. The lowest BCUT2D eigenvalue weighted by atomic mass is 9.75. The highest BCUT2D eigenvalue weighted by Crippen LogP contribution is 2.32. The molecule has 0 saturated heterocycles. The first-order valence-corrected chi connectivity index (χ1v) is 6.72. The van der Waals surface area contributed by atoms with Crippen LogP contribution in [0.3, 0.4) is 0 Å². The van der Waals surface area contributed by atoms with Crippen molar-refractivity contribution in [3.05, 3.63) is 42.0 Å². The van der Waals surface area contributed by atoms with E-state index in [0.717, 1.165) is 17.8 Å². The van der Waals surface area contributed by atoms with E-state index in [2.05, 4.69) is 62.5 Å². The third-order valence-corrected chi connectivity index (χ3v) is 4.02. The van der Waals surface area contributed by atoms with Gasteiger partial charge in [0.05, 0.1) is 6.54 Å². The van der Waals surface area contributed by atoms with Crippen molar-refractivity contribution in [2.75, 3.05) is 6.54 Å². The number of nitrogens with two attached hydrogens (primary N) is 1. The van der Waals surface area contributed by atoms with E-state index in [0.29, 0.717) is 0 Å². The molecule has 0 aromatic heterocycles. The van der Waals surface area contributed by atoms with Gasteiger partial charge in [-0.1, -0.05) is 43.7 Å². The van der Waals surface area contributed by atoms with Crippen LogP contribution in [-0.2, 0) is 0 Å². The maximum absolute atomic E-state index is 2.46. The summed E-state index contributed by atoms with van der Waals surface area (Å²) in [7, 11) is 0. The molecule has 0 radical (unpaired) electrons. The van der Waals surface area contributed by atoms with Crippen LogP contribution in [0.2, 0.25) is 0 Å². The van der Waals surface area contributed by atoms with Gasteiger partial charge in [0.25, 0.3) is 0 Å². The second-order valence-electron chi connectivity index (χ2n) is 5.57. The molecule has 1 aromatic carbocycles. The zero-order chi connectivity index (χ0) is 12.3. The van der Waals surface area contributed by atoms with Crippen LogP contribution in [0.15, 0.2) is 42.0 Å². The van der Waals surface area contributed by atoms with Crippen LogP contribution < -0.4 is 5.32 Å². The van der Waals surface area contributed by atoms with Crippen LogP contribution in [0.25, 0.3) is 0 Å². The monoisotopic (exact) mass is 230 g/mol. The highest BCUT2D eigenvalue weighted by Gasteiger charge is 2.27. The first-order chi connectivity index (χ1) is 8.16. The second-order valence-corrected chi connectivity index (χ2v) is 5.57. The zero-order valence-electron chi connectivity index (χ0n) is 11.2. The molecule has 1 nitrogen and oxygen atoms in total. The first kappa shape index (κ1) is 12.4. The zero-order valence-corrected chi connectivity index (χ0v) is 11.2. The molecule has 2 N–H and O–H groups in total. The normalized spacial score (nSPS) is 28.9. The van der Waals surface area contributed by atoms with Gasteiger partial charge in [-0.3, -0.25) is 0 Å². The third kappa shape index (κ3) is 3.19. The SMILES string of the molecule is CC1=C[C@H](C)[C@H](C[NH2+]c2ccccc2)[C@@H](C)C1. The molecule has 92 valence electrons. The van der Waals surface area contributed by atoms with Crippen molar-refractivity contribution < 1.29 is 5.32 Å². The van der Waals surface area contributed by atoms with E-state index in [1.54, 1.807) is 5.57 Å². The van der Waals surface area contributed by atoms with Gasteiger partial charge in [0.2, 0.25) is 0 Å². The Kier molecular flexibility index (Phi) is 4.01. The standard InChI is InChI=1S/C16H23N/c1-12-9-13(2)16(14(3)10-12)11-17-15-7-5-4-6-8-15/h4-9,13-14,16-17H,10-11H2,1-3H3/p+1/t13-,14-,16-/m0/s1. The highest BCUT2D eigenvalue weighted by molar-refractivity contribution is 5.26. The molecule has 0 amide bonds. The van der Waals surface area contributed by atoms with Gasteiger partial charge in [-0.25, -0.2) is 0 Å². The van der Waals surface area contributed by atoms with E-state index in [4.69, 9.17) is 0 Å². The van der Waals surface area contributed by atoms with Crippen LogP contribution >= 0.6 is 0 Å². The topological polar surface area (TPSA) is 16.6 Å². The van der Waals surface area contributed by atoms with Crippen molar-refractivity contribution in [3.63, 3.8) is 0 Å². The Hall–Kier alpha value is -1.08. The number of rotatable bonds is 3. The molecule has 0 saturated carbocycles. The quantitative estimate of drug-likeness (QED) is 0.607. The number of hydrogen-bond donors (Lipinski definition) is 1. The van der Waals surface area contributed by atoms with Crippen molar-refractivity contribution in [1.82, 2.24) is 0 Å². The van der Waals surface area contributed by atoms with Gasteiger partial charge in [0.15, 0.2) is 0 Å². The van der Waals surface area contributed by atoms with Crippen LogP contribution in [0.5, 0.6) is 0 Å². The first-order valence-electron chi connectivity index (χ1n) is 6.72. The van der Waals surface area contributed by atoms with E-state index < -0.39 is 0 Å². The Morgan fingerprint density at radius 1 is 1.18 bits per heavy atom. The molecule has 1 aromatic rings. The fourth-order valence-corrected chi connectivity index (χ4v) is 3.13. The van der Waals surface area contributed by atoms with Crippen LogP contribution in [0.1, 0.15) is 27.2 Å². The van der Waals surface area contributed by atoms with Crippen LogP contribution in [0, 0.1) is 17.8 Å². The fraction of sp³-hybridized carbons (Fsp3) is 0.500. The van der Waals surface area contributed by atoms with Gasteiger partial charge < -0.3 is 5.32 Å². The third-order valence-electron chi connectivity index (χ3n) is 4.02. The number of benzene rings is 1. The maximum atomic E-state index is 2.46. The number of hydrogen-bond acceptors (Lipinski definition) is 0. The van der Waals surface area contributed by atoms with Gasteiger partial charge in [-0.2, -0.15) is 0 Å². The van der Waals surface area contributed by atoms with Crippen molar-refractivity contribution in [2.45, 2.75) is 27.2 Å². The van der Waals surface area contributed by atoms with E-state index in [-0.39, 0.29) is 0 Å². The minimum absolute atomic E-state index is 0.721. The minimum atomic E-state index is 0.721. The average Bonchev–Trinajstić information content (AvgIpc) is 2.29. The lowest BCUT2D eigenvalue weighted by molar-refractivity contribution is -0.581. The lowest BCUT2D eigenvalue weighted by Gasteiger charge is -2.31. The van der Waals surface area contributed by atoms with E-state index >= 15 is 0 Å². The average molecular weight is 230 g/mol. The largest absolute Gasteiger partial charge is 0.314 e. The van der Waals surface area contributed by atoms with Crippen molar-refractivity contribution in [1.29, 1.82) is 0 Å². The molecule has 1 aliphatic rings. The van der Waals surface area contributed by atoms with E-state index in [1.807, 2.05) is 0 Å². The summed E-state index contributed by atoms with van der Waals surface area (Å²) in [5, 5.41) is 2.40. The molecule has 0 heterocycles. The predicted molar refractivity (Wildman–Crippen MR) is 73.1 cm³/mol. The highest BCUT2D eigenvalue weighted by atomic mass is 14.9. The second kappa shape index (κ2) is 5.50. The minimum Gasteiger partial charge on any atom is -0.314 e. The predicted octanol–water partition coefficient (Wildman–Crippen LogP) is 3.12. The van der Waals surface area contributed by atoms with Crippen molar-refractivity contribution in [3.8, 4) is 0 Å². The Labute approximate surface area is 105 Å². The summed E-state index contributed by atoms with van der Waals surface area (Å²) in [6, 6.07) is 10.7. The van der Waals surface area contributed by atoms with Crippen molar-refractivity contribution >= 4 is 5.69 Å². The Morgan fingerprint density at radius 3 is 2.53 bits per heavy atom. The molecular formula is C16H24N+. The molecular weight excluding hydrogens is 206 g/mol. The number of allylic oxidation sites excluding steroid dienone is 2. The number of para-hydroxylation sites is 1. The number of quaternary nitrogens is 1. The summed E-state index contributed by atoms with van der Waals surface area (Å²) in [5.41, 5.74) is 2.93. The molecule has 1 heteroatoms. The molecule has 2 rings (SSSR count). The van der Waals surface area contributed by atoms with Gasteiger partial charge in [0.1, 0.15) is 5.69 Å². The summed E-state index contributed by atoms with van der Waals surface area (Å²) in [6.07, 6.45) is 3.74. The van der Waals surface area contributed by atoms with Crippen LogP contribution in [0.4, 0.5) is 5.69 Å². The van der Waals surface area contributed by atoms with Gasteiger partial charge in [-0.15, -0.1) is 0 Å². The lowest BCUT2D eigenvalue weighted by Crippen LogP contribution is -2.80. The summed E-state index contributed by atoms with van der Waals surface area (Å²) in [6.45, 7) is 8.24. The van der Waals surface area contributed by atoms with E-state index in [1.165, 1.54) is 18.7 Å². The van der Waals surface area contributed by atoms with Gasteiger partial charge in [-0.05, 0) is 37.3 Å². The Morgan fingerprint density at radius 2 is 1.88 bits per heavy atom. The molecule has 0 fully saturated rings. The maximum Gasteiger partial charge on any atom is 0.129 e. The van der Waals surface area contributed by atoms with Gasteiger partial charge in [0, 0.05) is 5.92 Å². The van der Waals surface area contributed by atoms with Gasteiger partial charge >= 0.3 is 0 Å². The molecule has 0 bridgehead atoms. The molecule has 17 heavy (non-hydrogen) atoms. The summed E-state index contributed by atoms with van der Waals surface area (Å²) >= 11 is 0. The Bertz CT molecular complexity index is 380. The summed E-state index contributed by atoms with van der Waals surface area (Å²) in [5.74, 6) is 2.34. The molecule has 3 atom stereocenters. The smallest absolute Gasteiger partial charge is 0.129 e. The molecule has 0 unspecified atom stereocenters. The molecule has 1 aliphatic carbocycles. The summed E-state index contributed by atoms with van der Waals surface area (Å²) < 4.78 is 0. The molecule has 0 spiro atoms. The van der Waals surface area contributed by atoms with E-state index in [9.17, 15) is 0 Å². The fourth-order valence-electron chi connectivity index (χ4n) is 3.13.